The fraction of sp³-hybridized carbons (Fsp3) is 0.316. The molecule has 2 aromatic rings. The number of nitrogens with one attached hydrogen (secondary N) is 1. The van der Waals surface area contributed by atoms with Gasteiger partial charge >= 0.3 is 6.03 Å². The topological polar surface area (TPSA) is 60.0 Å². The summed E-state index contributed by atoms with van der Waals surface area (Å²) in [5.74, 6) is 2.95. The number of methoxy groups -OCH3 is 3. The van der Waals surface area contributed by atoms with Crippen molar-refractivity contribution in [2.45, 2.75) is 5.37 Å². The third-order valence-electron chi connectivity index (χ3n) is 4.20. The fourth-order valence-electron chi connectivity index (χ4n) is 2.90. The van der Waals surface area contributed by atoms with Crippen molar-refractivity contribution < 1.29 is 19.0 Å². The summed E-state index contributed by atoms with van der Waals surface area (Å²) in [6.45, 7) is 0.649. The van der Waals surface area contributed by atoms with E-state index in [1.165, 1.54) is 0 Å². The van der Waals surface area contributed by atoms with Crippen LogP contribution in [-0.2, 0) is 0 Å². The van der Waals surface area contributed by atoms with Crippen molar-refractivity contribution >= 4 is 23.5 Å². The molecule has 2 amide bonds. The molecule has 0 unspecified atom stereocenters. The number of para-hydroxylation sites is 2. The second-order valence-electron chi connectivity index (χ2n) is 5.65. The highest BCUT2D eigenvalue weighted by Crippen LogP contribution is 2.43. The van der Waals surface area contributed by atoms with Gasteiger partial charge in [-0.15, -0.1) is 11.8 Å². The number of anilines is 1. The van der Waals surface area contributed by atoms with Gasteiger partial charge in [0.15, 0.2) is 0 Å². The number of carbonyl (C=O) groups excluding carboxylic acids is 1. The van der Waals surface area contributed by atoms with Crippen LogP contribution in [0.3, 0.4) is 0 Å². The number of amides is 2. The first kappa shape index (κ1) is 18.3. The molecule has 1 atom stereocenters. The first-order chi connectivity index (χ1) is 12.7. The molecule has 1 fully saturated rings. The molecule has 1 N–H and O–H groups in total. The number of urea groups is 1. The van der Waals surface area contributed by atoms with Gasteiger partial charge in [-0.3, -0.25) is 0 Å². The average molecular weight is 374 g/mol. The number of hydrogen-bond donors (Lipinski definition) is 1. The highest BCUT2D eigenvalue weighted by molar-refractivity contribution is 7.99. The molecule has 0 aromatic heterocycles. The minimum Gasteiger partial charge on any atom is -0.497 e. The van der Waals surface area contributed by atoms with Gasteiger partial charge < -0.3 is 24.4 Å². The first-order valence-corrected chi connectivity index (χ1v) is 9.27. The molecule has 138 valence electrons. The molecule has 0 spiro atoms. The fourth-order valence-corrected chi connectivity index (χ4v) is 4.17. The van der Waals surface area contributed by atoms with Crippen LogP contribution < -0.4 is 19.5 Å². The Morgan fingerprint density at radius 2 is 1.85 bits per heavy atom. The first-order valence-electron chi connectivity index (χ1n) is 8.22. The van der Waals surface area contributed by atoms with Gasteiger partial charge in [-0.1, -0.05) is 12.1 Å². The predicted molar refractivity (Wildman–Crippen MR) is 103 cm³/mol. The Kier molecular flexibility index (Phi) is 5.78. The van der Waals surface area contributed by atoms with Crippen LogP contribution in [0.1, 0.15) is 10.9 Å². The Labute approximate surface area is 157 Å². The lowest BCUT2D eigenvalue weighted by molar-refractivity contribution is 0.213. The SMILES string of the molecule is COc1ccc(OC)c([C@H]2SCCN2C(=O)Nc2ccccc2OC)c1. The molecule has 1 saturated heterocycles. The van der Waals surface area contributed by atoms with Crippen LogP contribution >= 0.6 is 11.8 Å². The summed E-state index contributed by atoms with van der Waals surface area (Å²) in [6, 6.07) is 12.8. The van der Waals surface area contributed by atoms with Gasteiger partial charge in [-0.25, -0.2) is 4.79 Å². The van der Waals surface area contributed by atoms with E-state index in [1.807, 2.05) is 42.5 Å². The molecule has 2 aromatic carbocycles. The minimum atomic E-state index is -0.172. The van der Waals surface area contributed by atoms with E-state index in [-0.39, 0.29) is 11.4 Å². The van der Waals surface area contributed by atoms with Crippen LogP contribution in [-0.4, -0.2) is 44.6 Å². The second-order valence-corrected chi connectivity index (χ2v) is 6.84. The molecule has 3 rings (SSSR count). The van der Waals surface area contributed by atoms with Gasteiger partial charge in [0, 0.05) is 17.9 Å². The summed E-state index contributed by atoms with van der Waals surface area (Å²) >= 11 is 1.70. The van der Waals surface area contributed by atoms with Crippen LogP contribution in [0.25, 0.3) is 0 Å². The van der Waals surface area contributed by atoms with Crippen LogP contribution in [0, 0.1) is 0 Å². The van der Waals surface area contributed by atoms with Crippen molar-refractivity contribution in [1.29, 1.82) is 0 Å². The molecule has 1 aliphatic heterocycles. The number of rotatable bonds is 5. The normalized spacial score (nSPS) is 16.3. The maximum absolute atomic E-state index is 12.9. The van der Waals surface area contributed by atoms with E-state index in [1.54, 1.807) is 38.0 Å². The number of nitrogens with zero attached hydrogens (tertiary/aromatic N) is 1. The van der Waals surface area contributed by atoms with Crippen molar-refractivity contribution in [3.63, 3.8) is 0 Å². The summed E-state index contributed by atoms with van der Waals surface area (Å²) in [6.07, 6.45) is 0. The van der Waals surface area contributed by atoms with Crippen LogP contribution in [0.15, 0.2) is 42.5 Å². The van der Waals surface area contributed by atoms with E-state index in [0.717, 1.165) is 22.8 Å². The molecule has 0 bridgehead atoms. The van der Waals surface area contributed by atoms with Crippen LogP contribution in [0.4, 0.5) is 10.5 Å². The summed E-state index contributed by atoms with van der Waals surface area (Å²) in [7, 11) is 4.84. The molecular formula is C19H22N2O4S. The highest BCUT2D eigenvalue weighted by atomic mass is 32.2. The van der Waals surface area contributed by atoms with E-state index in [2.05, 4.69) is 5.32 Å². The van der Waals surface area contributed by atoms with Gasteiger partial charge in [0.25, 0.3) is 0 Å². The van der Waals surface area contributed by atoms with Gasteiger partial charge in [0.2, 0.25) is 0 Å². The Balaban J connectivity index is 1.85. The van der Waals surface area contributed by atoms with Gasteiger partial charge in [-0.05, 0) is 30.3 Å². The van der Waals surface area contributed by atoms with E-state index < -0.39 is 0 Å². The second kappa shape index (κ2) is 8.23. The largest absolute Gasteiger partial charge is 0.497 e. The van der Waals surface area contributed by atoms with Gasteiger partial charge in [0.1, 0.15) is 22.6 Å². The number of benzene rings is 2. The van der Waals surface area contributed by atoms with Crippen molar-refractivity contribution in [3.8, 4) is 17.2 Å². The maximum Gasteiger partial charge on any atom is 0.323 e. The van der Waals surface area contributed by atoms with E-state index in [0.29, 0.717) is 18.0 Å². The number of hydrogen-bond acceptors (Lipinski definition) is 5. The van der Waals surface area contributed by atoms with E-state index in [4.69, 9.17) is 14.2 Å². The van der Waals surface area contributed by atoms with Gasteiger partial charge in [-0.2, -0.15) is 0 Å². The maximum atomic E-state index is 12.9. The van der Waals surface area contributed by atoms with E-state index in [9.17, 15) is 4.79 Å². The molecule has 0 saturated carbocycles. The molecule has 6 nitrogen and oxygen atoms in total. The standard InChI is InChI=1S/C19H22N2O4S/c1-23-13-8-9-16(24-2)14(12-13)18-21(10-11-26-18)19(22)20-15-6-4-5-7-17(15)25-3/h4-9,12,18H,10-11H2,1-3H3,(H,20,22)/t18-/m1/s1. The van der Waals surface area contributed by atoms with Crippen LogP contribution in [0.2, 0.25) is 0 Å². The quantitative estimate of drug-likeness (QED) is 0.857. The summed E-state index contributed by atoms with van der Waals surface area (Å²) in [4.78, 5) is 14.7. The van der Waals surface area contributed by atoms with Crippen molar-refractivity contribution in [3.05, 3.63) is 48.0 Å². The highest BCUT2D eigenvalue weighted by Gasteiger charge is 2.33. The molecule has 0 aliphatic carbocycles. The zero-order valence-corrected chi connectivity index (χ0v) is 15.8. The Morgan fingerprint density at radius 1 is 1.08 bits per heavy atom. The van der Waals surface area contributed by atoms with Crippen molar-refractivity contribution in [2.24, 2.45) is 0 Å². The lowest BCUT2D eigenvalue weighted by atomic mass is 10.1. The lowest BCUT2D eigenvalue weighted by Crippen LogP contribution is -2.34. The average Bonchev–Trinajstić information content (AvgIpc) is 3.17. The minimum absolute atomic E-state index is 0.144. The van der Waals surface area contributed by atoms with Crippen molar-refractivity contribution in [1.82, 2.24) is 4.90 Å². The predicted octanol–water partition coefficient (Wildman–Crippen LogP) is 3.99. The zero-order valence-electron chi connectivity index (χ0n) is 15.0. The Hall–Kier alpha value is -2.54. The Bertz CT molecular complexity index is 784. The third-order valence-corrected chi connectivity index (χ3v) is 5.45. The van der Waals surface area contributed by atoms with Gasteiger partial charge in [0.05, 0.1) is 27.0 Å². The molecular weight excluding hydrogens is 352 g/mol. The summed E-state index contributed by atoms with van der Waals surface area (Å²) in [5.41, 5.74) is 1.57. The molecule has 7 heteroatoms. The molecule has 1 heterocycles. The van der Waals surface area contributed by atoms with Crippen molar-refractivity contribution in [2.75, 3.05) is 38.9 Å². The third kappa shape index (κ3) is 3.67. The monoisotopic (exact) mass is 374 g/mol. The molecule has 0 radical (unpaired) electrons. The number of ether oxygens (including phenoxy) is 3. The summed E-state index contributed by atoms with van der Waals surface area (Å²) in [5, 5.41) is 2.80. The van der Waals surface area contributed by atoms with Crippen LogP contribution in [0.5, 0.6) is 17.2 Å². The molecule has 26 heavy (non-hydrogen) atoms. The lowest BCUT2D eigenvalue weighted by Gasteiger charge is -2.26. The zero-order chi connectivity index (χ0) is 18.5. The number of carbonyl (C=O) groups is 1. The summed E-state index contributed by atoms with van der Waals surface area (Å²) < 4.78 is 16.1. The van der Waals surface area contributed by atoms with E-state index >= 15 is 0 Å². The number of thioether (sulfide) groups is 1. The Morgan fingerprint density at radius 3 is 2.58 bits per heavy atom. The smallest absolute Gasteiger partial charge is 0.323 e. The molecule has 1 aliphatic rings.